The largest absolute Gasteiger partial charge is 0.446 e. The van der Waals surface area contributed by atoms with Crippen LogP contribution in [-0.2, 0) is 0 Å². The summed E-state index contributed by atoms with van der Waals surface area (Å²) in [5, 5.41) is 2.87. The molecule has 0 fully saturated rings. The number of hydrogen-bond donors (Lipinski definition) is 2. The van der Waals surface area contributed by atoms with Crippen molar-refractivity contribution < 1.29 is 9.21 Å². The van der Waals surface area contributed by atoms with Gasteiger partial charge >= 0.3 is 0 Å². The first kappa shape index (κ1) is 17.7. The fraction of sp³-hybridized carbons (Fsp3) is 0.750. The number of nitrogens with one attached hydrogen (secondary N) is 1. The summed E-state index contributed by atoms with van der Waals surface area (Å²) in [6.45, 7) is 4.99. The molecule has 1 atom stereocenters. The first-order chi connectivity index (χ1) is 10.2. The maximum atomic E-state index is 11.9. The van der Waals surface area contributed by atoms with E-state index < -0.39 is 0 Å². The zero-order chi connectivity index (χ0) is 15.5. The van der Waals surface area contributed by atoms with Crippen LogP contribution in [0.5, 0.6) is 0 Å². The molecule has 0 saturated heterocycles. The minimum Gasteiger partial charge on any atom is -0.446 e. The number of carbonyl (C=O) groups excluding carboxylic acids is 1. The molecule has 1 rings (SSSR count). The maximum Gasteiger partial charge on any atom is 0.273 e. The Morgan fingerprint density at radius 2 is 1.95 bits per heavy atom. The van der Waals surface area contributed by atoms with Gasteiger partial charge < -0.3 is 15.5 Å². The Balaban J connectivity index is 2.29. The fourth-order valence-corrected chi connectivity index (χ4v) is 2.13. The monoisotopic (exact) mass is 295 g/mol. The number of amides is 1. The standard InChI is InChI=1S/C16H29N3O2/c1-3-5-7-8-9-11-18-15(20)14-12-21-16(19-14)13(17)10-6-4-2/h12-13H,3-11,17H2,1-2H3,(H,18,20). The summed E-state index contributed by atoms with van der Waals surface area (Å²) in [5.41, 5.74) is 6.30. The van der Waals surface area contributed by atoms with Crippen LogP contribution in [0.1, 0.15) is 87.6 Å². The number of carbonyl (C=O) groups is 1. The second-order valence-electron chi connectivity index (χ2n) is 5.49. The van der Waals surface area contributed by atoms with E-state index in [1.54, 1.807) is 0 Å². The average Bonchev–Trinajstić information content (AvgIpc) is 2.98. The van der Waals surface area contributed by atoms with Gasteiger partial charge in [-0.1, -0.05) is 52.4 Å². The molecule has 1 amide bonds. The van der Waals surface area contributed by atoms with Gasteiger partial charge in [-0.05, 0) is 12.8 Å². The predicted molar refractivity (Wildman–Crippen MR) is 84.0 cm³/mol. The molecule has 0 spiro atoms. The van der Waals surface area contributed by atoms with E-state index in [0.29, 0.717) is 18.1 Å². The fourth-order valence-electron chi connectivity index (χ4n) is 2.13. The molecule has 1 aromatic heterocycles. The van der Waals surface area contributed by atoms with Crippen molar-refractivity contribution in [3.05, 3.63) is 17.8 Å². The first-order valence-electron chi connectivity index (χ1n) is 8.18. The van der Waals surface area contributed by atoms with Crippen molar-refractivity contribution in [2.24, 2.45) is 5.73 Å². The van der Waals surface area contributed by atoms with Crippen LogP contribution in [0, 0.1) is 0 Å². The van der Waals surface area contributed by atoms with E-state index in [0.717, 1.165) is 32.1 Å². The first-order valence-corrected chi connectivity index (χ1v) is 8.18. The molecule has 0 aliphatic heterocycles. The van der Waals surface area contributed by atoms with Crippen LogP contribution in [0.15, 0.2) is 10.7 Å². The van der Waals surface area contributed by atoms with Gasteiger partial charge in [0.2, 0.25) is 5.89 Å². The highest BCUT2D eigenvalue weighted by molar-refractivity contribution is 5.91. The number of nitrogens with zero attached hydrogens (tertiary/aromatic N) is 1. The van der Waals surface area contributed by atoms with Crippen molar-refractivity contribution in [3.63, 3.8) is 0 Å². The Morgan fingerprint density at radius 1 is 1.24 bits per heavy atom. The summed E-state index contributed by atoms with van der Waals surface area (Å²) in [7, 11) is 0. The number of oxazole rings is 1. The average molecular weight is 295 g/mol. The minimum absolute atomic E-state index is 0.178. The Labute approximate surface area is 127 Å². The molecule has 0 bridgehead atoms. The molecule has 0 aromatic carbocycles. The maximum absolute atomic E-state index is 11.9. The van der Waals surface area contributed by atoms with E-state index >= 15 is 0 Å². The molecular weight excluding hydrogens is 266 g/mol. The van der Waals surface area contributed by atoms with E-state index in [2.05, 4.69) is 24.1 Å². The summed E-state index contributed by atoms with van der Waals surface area (Å²) in [6.07, 6.45) is 10.2. The van der Waals surface area contributed by atoms with E-state index in [1.807, 2.05) is 0 Å². The smallest absolute Gasteiger partial charge is 0.273 e. The van der Waals surface area contributed by atoms with Gasteiger partial charge in [-0.3, -0.25) is 4.79 Å². The third kappa shape index (κ3) is 6.76. The lowest BCUT2D eigenvalue weighted by Crippen LogP contribution is -2.25. The highest BCUT2D eigenvalue weighted by Crippen LogP contribution is 2.16. The van der Waals surface area contributed by atoms with Gasteiger partial charge in [0.25, 0.3) is 5.91 Å². The molecule has 0 aliphatic rings. The van der Waals surface area contributed by atoms with Crippen molar-refractivity contribution in [2.45, 2.75) is 71.3 Å². The normalized spacial score (nSPS) is 12.3. The Morgan fingerprint density at radius 3 is 2.67 bits per heavy atom. The van der Waals surface area contributed by atoms with Gasteiger partial charge in [0.05, 0.1) is 6.04 Å². The van der Waals surface area contributed by atoms with Crippen molar-refractivity contribution in [1.29, 1.82) is 0 Å². The third-order valence-corrected chi connectivity index (χ3v) is 3.51. The number of hydrogen-bond acceptors (Lipinski definition) is 4. The molecule has 0 aliphatic carbocycles. The van der Waals surface area contributed by atoms with Gasteiger partial charge in [-0.2, -0.15) is 0 Å². The second-order valence-corrected chi connectivity index (χ2v) is 5.49. The molecular formula is C16H29N3O2. The highest BCUT2D eigenvalue weighted by atomic mass is 16.3. The number of unbranched alkanes of at least 4 members (excludes halogenated alkanes) is 5. The van der Waals surface area contributed by atoms with Crippen LogP contribution in [0.4, 0.5) is 0 Å². The molecule has 1 heterocycles. The van der Waals surface area contributed by atoms with Crippen LogP contribution in [0.2, 0.25) is 0 Å². The molecule has 1 aromatic rings. The van der Waals surface area contributed by atoms with Gasteiger partial charge in [-0.25, -0.2) is 4.98 Å². The van der Waals surface area contributed by atoms with Crippen LogP contribution in [0.3, 0.4) is 0 Å². The second kappa shape index (κ2) is 10.4. The zero-order valence-corrected chi connectivity index (χ0v) is 13.4. The van der Waals surface area contributed by atoms with Gasteiger partial charge in [0.15, 0.2) is 5.69 Å². The Kier molecular flexibility index (Phi) is 8.74. The van der Waals surface area contributed by atoms with Gasteiger partial charge in [-0.15, -0.1) is 0 Å². The quantitative estimate of drug-likeness (QED) is 0.611. The molecule has 5 nitrogen and oxygen atoms in total. The molecule has 21 heavy (non-hydrogen) atoms. The van der Waals surface area contributed by atoms with Crippen LogP contribution >= 0.6 is 0 Å². The number of rotatable bonds is 11. The molecule has 0 radical (unpaired) electrons. The van der Waals surface area contributed by atoms with E-state index in [9.17, 15) is 4.79 Å². The van der Waals surface area contributed by atoms with Gasteiger partial charge in [0.1, 0.15) is 6.26 Å². The van der Waals surface area contributed by atoms with E-state index in [-0.39, 0.29) is 11.9 Å². The van der Waals surface area contributed by atoms with Crippen LogP contribution < -0.4 is 11.1 Å². The minimum atomic E-state index is -0.222. The SMILES string of the molecule is CCCCCCCNC(=O)c1coc(C(N)CCCC)n1. The summed E-state index contributed by atoms with van der Waals surface area (Å²) >= 11 is 0. The van der Waals surface area contributed by atoms with Crippen molar-refractivity contribution in [2.75, 3.05) is 6.54 Å². The van der Waals surface area contributed by atoms with Gasteiger partial charge in [0, 0.05) is 6.54 Å². The topological polar surface area (TPSA) is 81.2 Å². The number of nitrogens with two attached hydrogens (primary N) is 1. The molecule has 0 saturated carbocycles. The van der Waals surface area contributed by atoms with E-state index in [1.165, 1.54) is 25.5 Å². The van der Waals surface area contributed by atoms with Crippen LogP contribution in [-0.4, -0.2) is 17.4 Å². The summed E-state index contributed by atoms with van der Waals surface area (Å²) < 4.78 is 5.31. The summed E-state index contributed by atoms with van der Waals surface area (Å²) in [6, 6.07) is -0.222. The third-order valence-electron chi connectivity index (χ3n) is 3.51. The molecule has 5 heteroatoms. The molecule has 3 N–H and O–H groups in total. The molecule has 120 valence electrons. The lowest BCUT2D eigenvalue weighted by atomic mass is 10.1. The lowest BCUT2D eigenvalue weighted by molar-refractivity contribution is 0.0948. The Hall–Kier alpha value is -1.36. The summed E-state index contributed by atoms with van der Waals surface area (Å²) in [4.78, 5) is 16.1. The summed E-state index contributed by atoms with van der Waals surface area (Å²) in [5.74, 6) is 0.278. The highest BCUT2D eigenvalue weighted by Gasteiger charge is 2.16. The van der Waals surface area contributed by atoms with Crippen molar-refractivity contribution in [3.8, 4) is 0 Å². The van der Waals surface area contributed by atoms with Crippen molar-refractivity contribution in [1.82, 2.24) is 10.3 Å². The molecule has 1 unspecified atom stereocenters. The Bertz CT molecular complexity index is 404. The lowest BCUT2D eigenvalue weighted by Gasteiger charge is -2.05. The number of aromatic nitrogens is 1. The zero-order valence-electron chi connectivity index (χ0n) is 13.4. The predicted octanol–water partition coefficient (Wildman–Crippen LogP) is 3.56. The van der Waals surface area contributed by atoms with Crippen molar-refractivity contribution >= 4 is 5.91 Å². The van der Waals surface area contributed by atoms with E-state index in [4.69, 9.17) is 10.2 Å². The van der Waals surface area contributed by atoms with Crippen LogP contribution in [0.25, 0.3) is 0 Å².